The molecule has 1 amide bonds. The van der Waals surface area contributed by atoms with Crippen LogP contribution in [-0.4, -0.2) is 45.9 Å². The summed E-state index contributed by atoms with van der Waals surface area (Å²) in [6, 6.07) is 11.7. The molecule has 0 atom stereocenters. The molecule has 0 aliphatic carbocycles. The first kappa shape index (κ1) is 21.3. The maximum absolute atomic E-state index is 13.1. The van der Waals surface area contributed by atoms with Crippen molar-refractivity contribution in [2.24, 2.45) is 0 Å². The SMILES string of the molecule is COCc1cccc(C(=O)Nc2ccc(OC)c(S(=O)(=O)N3CCCCC3)c2)c1. The highest BCUT2D eigenvalue weighted by Crippen LogP contribution is 2.31. The van der Waals surface area contributed by atoms with Gasteiger partial charge in [-0.3, -0.25) is 4.79 Å². The van der Waals surface area contributed by atoms with Crippen LogP contribution in [0.25, 0.3) is 0 Å². The summed E-state index contributed by atoms with van der Waals surface area (Å²) in [6.07, 6.45) is 2.72. The standard InChI is InChI=1S/C21H26N2O5S/c1-27-15-16-7-6-8-17(13-16)21(24)22-18-9-10-19(28-2)20(14-18)29(25,26)23-11-4-3-5-12-23/h6-10,13-14H,3-5,11-12,15H2,1-2H3,(H,22,24). The molecular formula is C21H26N2O5S. The maximum atomic E-state index is 13.1. The Morgan fingerprint density at radius 1 is 1.07 bits per heavy atom. The minimum Gasteiger partial charge on any atom is -0.495 e. The van der Waals surface area contributed by atoms with Crippen LogP contribution < -0.4 is 10.1 Å². The average Bonchev–Trinajstić information content (AvgIpc) is 2.74. The number of hydrogen-bond acceptors (Lipinski definition) is 5. The number of carbonyl (C=O) groups is 1. The highest BCUT2D eigenvalue weighted by molar-refractivity contribution is 7.89. The van der Waals surface area contributed by atoms with E-state index in [0.717, 1.165) is 24.8 Å². The lowest BCUT2D eigenvalue weighted by atomic mass is 10.1. The lowest BCUT2D eigenvalue weighted by molar-refractivity contribution is 0.102. The summed E-state index contributed by atoms with van der Waals surface area (Å²) in [5.74, 6) is -0.0647. The molecule has 0 spiro atoms. The number of hydrogen-bond donors (Lipinski definition) is 1. The van der Waals surface area contributed by atoms with Crippen molar-refractivity contribution in [1.29, 1.82) is 0 Å². The zero-order valence-corrected chi connectivity index (χ0v) is 17.5. The van der Waals surface area contributed by atoms with Gasteiger partial charge < -0.3 is 14.8 Å². The van der Waals surface area contributed by atoms with Gasteiger partial charge in [0.1, 0.15) is 10.6 Å². The molecule has 8 heteroatoms. The molecule has 0 unspecified atom stereocenters. The largest absolute Gasteiger partial charge is 0.495 e. The van der Waals surface area contributed by atoms with Gasteiger partial charge in [0.05, 0.1) is 13.7 Å². The van der Waals surface area contributed by atoms with Crippen molar-refractivity contribution >= 4 is 21.6 Å². The van der Waals surface area contributed by atoms with Gasteiger partial charge in [-0.25, -0.2) is 8.42 Å². The number of rotatable bonds is 7. The highest BCUT2D eigenvalue weighted by Gasteiger charge is 2.29. The second-order valence-corrected chi connectivity index (χ2v) is 8.82. The van der Waals surface area contributed by atoms with Crippen molar-refractivity contribution in [2.45, 2.75) is 30.8 Å². The maximum Gasteiger partial charge on any atom is 0.255 e. The van der Waals surface area contributed by atoms with Crippen LogP contribution in [0.2, 0.25) is 0 Å². The summed E-state index contributed by atoms with van der Waals surface area (Å²) in [5, 5.41) is 2.78. The number of nitrogens with zero attached hydrogens (tertiary/aromatic N) is 1. The third-order valence-electron chi connectivity index (χ3n) is 4.85. The number of anilines is 1. The van der Waals surface area contributed by atoms with E-state index in [1.54, 1.807) is 37.4 Å². The van der Waals surface area contributed by atoms with Crippen LogP contribution in [0, 0.1) is 0 Å². The summed E-state index contributed by atoms with van der Waals surface area (Å²) < 4.78 is 38.1. The molecule has 0 aromatic heterocycles. The molecule has 1 fully saturated rings. The molecule has 1 aliphatic rings. The fourth-order valence-corrected chi connectivity index (χ4v) is 5.07. The summed E-state index contributed by atoms with van der Waals surface area (Å²) in [6.45, 7) is 1.39. The van der Waals surface area contributed by atoms with Gasteiger partial charge >= 0.3 is 0 Å². The average molecular weight is 419 g/mol. The van der Waals surface area contributed by atoms with Gasteiger partial charge in [0.2, 0.25) is 10.0 Å². The van der Waals surface area contributed by atoms with Crippen molar-refractivity contribution in [3.05, 3.63) is 53.6 Å². The first-order valence-electron chi connectivity index (χ1n) is 9.53. The lowest BCUT2D eigenvalue weighted by Gasteiger charge is -2.26. The van der Waals surface area contributed by atoms with E-state index >= 15 is 0 Å². The molecule has 2 aromatic rings. The number of piperidine rings is 1. The minimum absolute atomic E-state index is 0.0628. The molecule has 0 saturated carbocycles. The van der Waals surface area contributed by atoms with Gasteiger partial charge in [0.25, 0.3) is 5.91 Å². The van der Waals surface area contributed by atoms with Gasteiger partial charge in [0, 0.05) is 31.5 Å². The monoisotopic (exact) mass is 418 g/mol. The van der Waals surface area contributed by atoms with Crippen LogP contribution in [0.15, 0.2) is 47.4 Å². The third kappa shape index (κ3) is 4.95. The number of amides is 1. The van der Waals surface area contributed by atoms with Crippen molar-refractivity contribution in [3.8, 4) is 5.75 Å². The number of carbonyl (C=O) groups excluding carboxylic acids is 1. The Morgan fingerprint density at radius 3 is 2.52 bits per heavy atom. The Bertz CT molecular complexity index is 969. The van der Waals surface area contributed by atoms with E-state index in [9.17, 15) is 13.2 Å². The number of ether oxygens (including phenoxy) is 2. The Kier molecular flexibility index (Phi) is 6.89. The second kappa shape index (κ2) is 9.39. The van der Waals surface area contributed by atoms with E-state index in [-0.39, 0.29) is 16.6 Å². The quantitative estimate of drug-likeness (QED) is 0.746. The molecule has 2 aromatic carbocycles. The Hall–Kier alpha value is -2.42. The molecule has 1 N–H and O–H groups in total. The number of benzene rings is 2. The number of methoxy groups -OCH3 is 2. The molecule has 1 aliphatic heterocycles. The van der Waals surface area contributed by atoms with Gasteiger partial charge in [-0.2, -0.15) is 4.31 Å². The Morgan fingerprint density at radius 2 is 1.83 bits per heavy atom. The zero-order chi connectivity index (χ0) is 20.9. The van der Waals surface area contributed by atoms with Crippen molar-refractivity contribution in [3.63, 3.8) is 0 Å². The van der Waals surface area contributed by atoms with E-state index in [1.165, 1.54) is 17.5 Å². The van der Waals surface area contributed by atoms with E-state index in [0.29, 0.717) is 30.9 Å². The number of nitrogens with one attached hydrogen (secondary N) is 1. The van der Waals surface area contributed by atoms with Crippen LogP contribution in [-0.2, 0) is 21.4 Å². The molecule has 0 bridgehead atoms. The molecule has 0 radical (unpaired) electrons. The molecule has 7 nitrogen and oxygen atoms in total. The van der Waals surface area contributed by atoms with Gasteiger partial charge in [-0.05, 0) is 48.7 Å². The van der Waals surface area contributed by atoms with Crippen LogP contribution in [0.1, 0.15) is 35.2 Å². The first-order valence-corrected chi connectivity index (χ1v) is 11.0. The predicted octanol–water partition coefficient (Wildman–Crippen LogP) is 3.27. The second-order valence-electron chi connectivity index (χ2n) is 6.92. The van der Waals surface area contributed by atoms with E-state index in [2.05, 4.69) is 5.32 Å². The smallest absolute Gasteiger partial charge is 0.255 e. The molecule has 156 valence electrons. The van der Waals surface area contributed by atoms with E-state index in [1.807, 2.05) is 6.07 Å². The third-order valence-corrected chi connectivity index (χ3v) is 6.77. The molecule has 1 heterocycles. The van der Waals surface area contributed by atoms with Crippen molar-refractivity contribution in [1.82, 2.24) is 4.31 Å². The van der Waals surface area contributed by atoms with Crippen LogP contribution in [0.3, 0.4) is 0 Å². The Balaban J connectivity index is 1.86. The van der Waals surface area contributed by atoms with Crippen molar-refractivity contribution < 1.29 is 22.7 Å². The summed E-state index contributed by atoms with van der Waals surface area (Å²) in [5.41, 5.74) is 1.74. The molecular weight excluding hydrogens is 392 g/mol. The topological polar surface area (TPSA) is 84.9 Å². The summed E-state index contributed by atoms with van der Waals surface area (Å²) in [4.78, 5) is 12.7. The van der Waals surface area contributed by atoms with Gasteiger partial charge in [0.15, 0.2) is 0 Å². The van der Waals surface area contributed by atoms with Gasteiger partial charge in [-0.15, -0.1) is 0 Å². The van der Waals surface area contributed by atoms with Gasteiger partial charge in [-0.1, -0.05) is 18.6 Å². The summed E-state index contributed by atoms with van der Waals surface area (Å²) in [7, 11) is -0.675. The first-order chi connectivity index (χ1) is 14.0. The highest BCUT2D eigenvalue weighted by atomic mass is 32.2. The Labute approximate surface area is 171 Å². The zero-order valence-electron chi connectivity index (χ0n) is 16.7. The lowest BCUT2D eigenvalue weighted by Crippen LogP contribution is -2.35. The van der Waals surface area contributed by atoms with Crippen LogP contribution >= 0.6 is 0 Å². The summed E-state index contributed by atoms with van der Waals surface area (Å²) >= 11 is 0. The van der Waals surface area contributed by atoms with Crippen LogP contribution in [0.5, 0.6) is 5.75 Å². The van der Waals surface area contributed by atoms with Crippen LogP contribution in [0.4, 0.5) is 5.69 Å². The van der Waals surface area contributed by atoms with Crippen molar-refractivity contribution in [2.75, 3.05) is 32.6 Å². The molecule has 1 saturated heterocycles. The van der Waals surface area contributed by atoms with E-state index in [4.69, 9.17) is 9.47 Å². The molecule has 29 heavy (non-hydrogen) atoms. The number of sulfonamides is 1. The predicted molar refractivity (Wildman–Crippen MR) is 111 cm³/mol. The fourth-order valence-electron chi connectivity index (χ4n) is 3.37. The fraction of sp³-hybridized carbons (Fsp3) is 0.381. The normalized spacial score (nSPS) is 15.1. The molecule has 3 rings (SSSR count). The van der Waals surface area contributed by atoms with E-state index < -0.39 is 10.0 Å². The minimum atomic E-state index is -3.70.